The molecule has 0 saturated carbocycles. The third-order valence-electron chi connectivity index (χ3n) is 7.94. The van der Waals surface area contributed by atoms with Crippen LogP contribution in [0.2, 0.25) is 0 Å². The topological polar surface area (TPSA) is 114 Å². The maximum absolute atomic E-state index is 14.2. The van der Waals surface area contributed by atoms with Crippen molar-refractivity contribution in [2.75, 3.05) is 31.0 Å². The highest BCUT2D eigenvalue weighted by Gasteiger charge is 2.33. The molecule has 2 aliphatic heterocycles. The van der Waals surface area contributed by atoms with Crippen molar-refractivity contribution in [3.05, 3.63) is 65.2 Å². The molecule has 2 N–H and O–H groups in total. The highest BCUT2D eigenvalue weighted by atomic mass is 35.5. The van der Waals surface area contributed by atoms with Gasteiger partial charge in [0.15, 0.2) is 0 Å². The number of aryl methyl sites for hydroxylation is 2. The SMILES string of the molecule is Cc1cccc(C)c1-c1cc2nc(n1)NS(=O)(=O)c1cccc(c1)C(=O)N(CC1CCNCC1)[C@H](CC(C)(C)C)CO2.Cl. The third kappa shape index (κ3) is 7.85. The predicted octanol–water partition coefficient (Wildman–Crippen LogP) is 5.62. The summed E-state index contributed by atoms with van der Waals surface area (Å²) in [5.41, 5.74) is 3.69. The maximum Gasteiger partial charge on any atom is 0.264 e. The lowest BCUT2D eigenvalue weighted by atomic mass is 9.86. The zero-order valence-electron chi connectivity index (χ0n) is 25.5. The van der Waals surface area contributed by atoms with E-state index in [4.69, 9.17) is 4.74 Å². The number of halogens is 1. The van der Waals surface area contributed by atoms with Crippen molar-refractivity contribution in [3.8, 4) is 17.1 Å². The molecule has 0 unspecified atom stereocenters. The Kier molecular flexibility index (Phi) is 10.0. The molecule has 4 bridgehead atoms. The first-order valence-corrected chi connectivity index (χ1v) is 16.1. The molecule has 1 saturated heterocycles. The molecule has 0 aliphatic carbocycles. The van der Waals surface area contributed by atoms with Crippen LogP contribution in [0.5, 0.6) is 5.88 Å². The van der Waals surface area contributed by atoms with Crippen molar-refractivity contribution in [3.63, 3.8) is 0 Å². The molecule has 3 heterocycles. The number of hydrogen-bond donors (Lipinski definition) is 2. The molecule has 2 aliphatic rings. The smallest absolute Gasteiger partial charge is 0.264 e. The van der Waals surface area contributed by atoms with Gasteiger partial charge in [0.2, 0.25) is 11.8 Å². The predicted molar refractivity (Wildman–Crippen MR) is 171 cm³/mol. The van der Waals surface area contributed by atoms with E-state index in [1.807, 2.05) is 36.9 Å². The molecule has 2 aromatic carbocycles. The van der Waals surface area contributed by atoms with Gasteiger partial charge >= 0.3 is 0 Å². The number of aromatic nitrogens is 2. The van der Waals surface area contributed by atoms with Crippen LogP contribution in [0.4, 0.5) is 5.95 Å². The van der Waals surface area contributed by atoms with Gasteiger partial charge in [0.25, 0.3) is 15.9 Å². The number of hydrogen-bond acceptors (Lipinski definition) is 7. The van der Waals surface area contributed by atoms with Gasteiger partial charge in [-0.1, -0.05) is 45.0 Å². The first kappa shape index (κ1) is 32.7. The number of piperidine rings is 1. The molecule has 3 aromatic rings. The van der Waals surface area contributed by atoms with Crippen LogP contribution in [-0.4, -0.2) is 61.5 Å². The number of rotatable bonds is 4. The second-order valence-corrected chi connectivity index (χ2v) is 14.4. The van der Waals surface area contributed by atoms with Gasteiger partial charge in [-0.05, 0) is 86.9 Å². The number of carbonyl (C=O) groups is 1. The minimum atomic E-state index is -4.10. The molecule has 1 aromatic heterocycles. The minimum Gasteiger partial charge on any atom is -0.475 e. The van der Waals surface area contributed by atoms with Gasteiger partial charge < -0.3 is 15.0 Å². The van der Waals surface area contributed by atoms with Crippen molar-refractivity contribution in [2.24, 2.45) is 11.3 Å². The first-order valence-electron chi connectivity index (χ1n) is 14.6. The van der Waals surface area contributed by atoms with E-state index in [1.54, 1.807) is 18.2 Å². The molecule has 0 spiro atoms. The van der Waals surface area contributed by atoms with E-state index < -0.39 is 10.0 Å². The average Bonchev–Trinajstić information content (AvgIpc) is 2.93. The highest BCUT2D eigenvalue weighted by Crippen LogP contribution is 2.32. The van der Waals surface area contributed by atoms with Crippen molar-refractivity contribution in [2.45, 2.75) is 64.8 Å². The Hall–Kier alpha value is -3.21. The zero-order chi connectivity index (χ0) is 30.1. The molecule has 11 heteroatoms. The van der Waals surface area contributed by atoms with Gasteiger partial charge in [0.05, 0.1) is 16.6 Å². The number of amides is 1. The fraction of sp³-hybridized carbons (Fsp3) is 0.469. The van der Waals surface area contributed by atoms with E-state index in [2.05, 4.69) is 40.8 Å². The van der Waals surface area contributed by atoms with Crippen LogP contribution >= 0.6 is 12.4 Å². The van der Waals surface area contributed by atoms with Crippen LogP contribution in [0.25, 0.3) is 11.3 Å². The van der Waals surface area contributed by atoms with E-state index in [1.165, 1.54) is 12.1 Å². The van der Waals surface area contributed by atoms with Gasteiger partial charge in [-0.2, -0.15) is 4.98 Å². The lowest BCUT2D eigenvalue weighted by molar-refractivity contribution is 0.0470. The van der Waals surface area contributed by atoms with Gasteiger partial charge in [-0.15, -0.1) is 12.4 Å². The Morgan fingerprint density at radius 2 is 1.67 bits per heavy atom. The van der Waals surface area contributed by atoms with Crippen molar-refractivity contribution >= 4 is 34.3 Å². The fourth-order valence-electron chi connectivity index (χ4n) is 5.92. The molecular weight excluding hydrogens is 586 g/mol. The summed E-state index contributed by atoms with van der Waals surface area (Å²) in [6.07, 6.45) is 2.64. The summed E-state index contributed by atoms with van der Waals surface area (Å²) in [6, 6.07) is 13.7. The van der Waals surface area contributed by atoms with Crippen LogP contribution in [0, 0.1) is 25.2 Å². The monoisotopic (exact) mass is 627 g/mol. The Morgan fingerprint density at radius 3 is 2.35 bits per heavy atom. The van der Waals surface area contributed by atoms with E-state index in [0.29, 0.717) is 30.1 Å². The Balaban J connectivity index is 0.00000423. The molecule has 232 valence electrons. The Bertz CT molecular complexity index is 1550. The van der Waals surface area contributed by atoms with E-state index in [9.17, 15) is 13.2 Å². The standard InChI is InChI=1S/C32H41N5O4S.ClH/c1-21-8-6-9-22(2)29(21)27-17-28-35-31(34-27)36-42(39,40)26-11-7-10-24(16-26)30(38)37(19-23-12-14-33-15-13-23)25(20-41-28)18-32(3,4)5;/h6-11,16-17,23,25,33H,12-15,18-20H2,1-5H3,(H,34,35,36);1H/t25-;/m1./s1. The molecule has 1 amide bonds. The molecule has 9 nitrogen and oxygen atoms in total. The number of nitrogens with zero attached hydrogens (tertiary/aromatic N) is 3. The average molecular weight is 628 g/mol. The summed E-state index contributed by atoms with van der Waals surface area (Å²) in [5.74, 6) is 0.305. The van der Waals surface area contributed by atoms with Gasteiger partial charge in [-0.3, -0.25) is 4.79 Å². The van der Waals surface area contributed by atoms with Crippen LogP contribution in [0.15, 0.2) is 53.4 Å². The summed E-state index contributed by atoms with van der Waals surface area (Å²) in [7, 11) is -4.10. The Labute approximate surface area is 261 Å². The summed E-state index contributed by atoms with van der Waals surface area (Å²) in [5, 5.41) is 3.40. The second-order valence-electron chi connectivity index (χ2n) is 12.7. The number of fused-ring (bicyclic) bond motifs is 4. The maximum atomic E-state index is 14.2. The van der Waals surface area contributed by atoms with Gasteiger partial charge in [-0.25, -0.2) is 18.1 Å². The van der Waals surface area contributed by atoms with Crippen LogP contribution in [0.3, 0.4) is 0 Å². The quantitative estimate of drug-likeness (QED) is 0.386. The lowest BCUT2D eigenvalue weighted by Crippen LogP contribution is -2.49. The van der Waals surface area contributed by atoms with Crippen LogP contribution in [-0.2, 0) is 10.0 Å². The number of sulfonamides is 1. The summed E-state index contributed by atoms with van der Waals surface area (Å²) >= 11 is 0. The van der Waals surface area contributed by atoms with E-state index >= 15 is 0 Å². The summed E-state index contributed by atoms with van der Waals surface area (Å²) in [4.78, 5) is 25.2. The van der Waals surface area contributed by atoms with E-state index in [0.717, 1.165) is 42.6 Å². The normalized spacial score (nSPS) is 19.1. The van der Waals surface area contributed by atoms with Crippen molar-refractivity contribution in [1.29, 1.82) is 0 Å². The van der Waals surface area contributed by atoms with Gasteiger partial charge in [0.1, 0.15) is 6.61 Å². The molecule has 1 fully saturated rings. The minimum absolute atomic E-state index is 0. The second kappa shape index (κ2) is 13.2. The number of nitrogens with one attached hydrogen (secondary N) is 2. The molecule has 43 heavy (non-hydrogen) atoms. The number of anilines is 1. The summed E-state index contributed by atoms with van der Waals surface area (Å²) in [6.45, 7) is 13.1. The highest BCUT2D eigenvalue weighted by molar-refractivity contribution is 7.92. The first-order chi connectivity index (χ1) is 19.9. The molecule has 1 atom stereocenters. The zero-order valence-corrected chi connectivity index (χ0v) is 27.1. The van der Waals surface area contributed by atoms with Crippen molar-refractivity contribution in [1.82, 2.24) is 20.2 Å². The lowest BCUT2D eigenvalue weighted by Gasteiger charge is -2.38. The number of carbonyl (C=O) groups excluding carboxylic acids is 1. The third-order valence-corrected chi connectivity index (χ3v) is 9.27. The van der Waals surface area contributed by atoms with Gasteiger partial charge in [0, 0.05) is 23.7 Å². The van der Waals surface area contributed by atoms with Crippen LogP contribution < -0.4 is 14.8 Å². The number of benzene rings is 2. The Morgan fingerprint density at radius 1 is 1.00 bits per heavy atom. The van der Waals surface area contributed by atoms with Crippen LogP contribution in [0.1, 0.15) is 61.5 Å². The van der Waals surface area contributed by atoms with Crippen molar-refractivity contribution < 1.29 is 17.9 Å². The summed E-state index contributed by atoms with van der Waals surface area (Å²) < 4.78 is 36.0. The van der Waals surface area contributed by atoms with E-state index in [-0.39, 0.29) is 53.1 Å². The molecule has 5 rings (SSSR count). The fourth-order valence-corrected chi connectivity index (χ4v) is 6.91. The number of ether oxygens (including phenoxy) is 1. The largest absolute Gasteiger partial charge is 0.475 e. The molecule has 0 radical (unpaired) electrons. The molecular formula is C32H42ClN5O4S.